The molecule has 3 heterocycles. The van der Waals surface area contributed by atoms with Crippen molar-refractivity contribution in [2.24, 2.45) is 0 Å². The summed E-state index contributed by atoms with van der Waals surface area (Å²) >= 11 is 0. The second-order valence-electron chi connectivity index (χ2n) is 7.35. The van der Waals surface area contributed by atoms with Crippen molar-refractivity contribution >= 4 is 5.91 Å². The Hall–Kier alpha value is -2.38. The van der Waals surface area contributed by atoms with Gasteiger partial charge >= 0.3 is 0 Å². The predicted molar refractivity (Wildman–Crippen MR) is 101 cm³/mol. The summed E-state index contributed by atoms with van der Waals surface area (Å²) in [6, 6.07) is 7.94. The first kappa shape index (κ1) is 18.0. The van der Waals surface area contributed by atoms with Gasteiger partial charge in [-0.15, -0.1) is 0 Å². The molecule has 1 aromatic carbocycles. The minimum absolute atomic E-state index is 0.0729. The van der Waals surface area contributed by atoms with Crippen LogP contribution in [0.5, 0.6) is 5.75 Å². The highest BCUT2D eigenvalue weighted by molar-refractivity contribution is 5.92. The van der Waals surface area contributed by atoms with E-state index in [4.69, 9.17) is 9.47 Å². The predicted octanol–water partition coefficient (Wildman–Crippen LogP) is 2.14. The topological polar surface area (TPSA) is 79.5 Å². The molecule has 1 fully saturated rings. The van der Waals surface area contributed by atoms with Gasteiger partial charge in [0.2, 0.25) is 0 Å². The number of hydrogen-bond acceptors (Lipinski definition) is 5. The van der Waals surface area contributed by atoms with E-state index in [-0.39, 0.29) is 17.6 Å². The highest BCUT2D eigenvalue weighted by Gasteiger charge is 2.43. The second-order valence-corrected chi connectivity index (χ2v) is 7.35. The number of nitrogens with zero attached hydrogens (tertiary/aromatic N) is 2. The molecule has 1 saturated heterocycles. The molecule has 144 valence electrons. The van der Waals surface area contributed by atoms with Gasteiger partial charge in [-0.2, -0.15) is 0 Å². The molecule has 27 heavy (non-hydrogen) atoms. The molecule has 7 heteroatoms. The van der Waals surface area contributed by atoms with Crippen LogP contribution in [0.25, 0.3) is 0 Å². The lowest BCUT2D eigenvalue weighted by molar-refractivity contribution is -0.0281. The first-order chi connectivity index (χ1) is 13.2. The molecule has 4 rings (SSSR count). The number of carbonyl (C=O) groups is 1. The van der Waals surface area contributed by atoms with Crippen LogP contribution in [0.15, 0.2) is 36.8 Å². The van der Waals surface area contributed by atoms with E-state index in [9.17, 15) is 4.79 Å². The molecule has 0 radical (unpaired) electrons. The number of ether oxygens (including phenoxy) is 2. The number of amides is 1. The smallest absolute Gasteiger partial charge is 0.269 e. The van der Waals surface area contributed by atoms with Crippen molar-refractivity contribution in [1.82, 2.24) is 20.2 Å². The summed E-state index contributed by atoms with van der Waals surface area (Å²) in [5.41, 5.74) is 1.28. The minimum Gasteiger partial charge on any atom is -0.487 e. The van der Waals surface area contributed by atoms with Gasteiger partial charge in [0.1, 0.15) is 17.0 Å². The Bertz CT molecular complexity index is 769. The summed E-state index contributed by atoms with van der Waals surface area (Å²) in [4.78, 5) is 21.8. The molecule has 0 aliphatic carbocycles. The van der Waals surface area contributed by atoms with E-state index in [0.717, 1.165) is 56.8 Å². The van der Waals surface area contributed by atoms with Crippen LogP contribution < -0.4 is 10.1 Å². The van der Waals surface area contributed by atoms with Crippen molar-refractivity contribution in [3.8, 4) is 5.75 Å². The van der Waals surface area contributed by atoms with E-state index < -0.39 is 0 Å². The number of rotatable bonds is 5. The van der Waals surface area contributed by atoms with Crippen LogP contribution >= 0.6 is 0 Å². The number of aromatic amines is 1. The fraction of sp³-hybridized carbons (Fsp3) is 0.500. The number of H-pyrrole nitrogens is 1. The number of imidazole rings is 1. The van der Waals surface area contributed by atoms with Crippen LogP contribution in [-0.4, -0.2) is 59.7 Å². The second kappa shape index (κ2) is 7.70. The maximum Gasteiger partial charge on any atom is 0.269 e. The maximum atomic E-state index is 12.6. The van der Waals surface area contributed by atoms with Crippen LogP contribution in [0.3, 0.4) is 0 Å². The van der Waals surface area contributed by atoms with Gasteiger partial charge in [-0.1, -0.05) is 18.2 Å². The third-order valence-corrected chi connectivity index (χ3v) is 5.62. The third-order valence-electron chi connectivity index (χ3n) is 5.62. The van der Waals surface area contributed by atoms with Crippen LogP contribution in [0.4, 0.5) is 0 Å². The average molecular weight is 370 g/mol. The van der Waals surface area contributed by atoms with Crippen molar-refractivity contribution in [3.63, 3.8) is 0 Å². The standard InChI is InChI=1S/C20H26N4O3/c1-26-11-10-24-8-6-20(7-9-24)12-16(15-4-2-3-5-18(15)27-20)23-19(25)17-13-21-14-22-17/h2-5,13-14,16H,6-12H2,1H3,(H,21,22)(H,23,25)/t16-/m0/s1. The molecule has 2 N–H and O–H groups in total. The Morgan fingerprint density at radius 1 is 1.41 bits per heavy atom. The number of fused-ring (bicyclic) bond motifs is 1. The SMILES string of the molecule is COCCN1CCC2(CC1)C[C@H](NC(=O)c1cnc[nH]1)c1ccccc1O2. The number of aromatic nitrogens is 2. The Morgan fingerprint density at radius 2 is 2.22 bits per heavy atom. The van der Waals surface area contributed by atoms with Crippen molar-refractivity contribution in [3.05, 3.63) is 48.0 Å². The van der Waals surface area contributed by atoms with Gasteiger partial charge in [0.05, 0.1) is 25.2 Å². The summed E-state index contributed by atoms with van der Waals surface area (Å²) < 4.78 is 11.7. The van der Waals surface area contributed by atoms with E-state index in [0.29, 0.717) is 5.69 Å². The van der Waals surface area contributed by atoms with E-state index in [1.165, 1.54) is 6.33 Å². The van der Waals surface area contributed by atoms with Gasteiger partial charge in [0, 0.05) is 38.7 Å². The summed E-state index contributed by atoms with van der Waals surface area (Å²) in [6.07, 6.45) is 5.74. The number of methoxy groups -OCH3 is 1. The lowest BCUT2D eigenvalue weighted by Gasteiger charge is -2.47. The fourth-order valence-electron chi connectivity index (χ4n) is 4.07. The third kappa shape index (κ3) is 3.84. The number of benzene rings is 1. The monoisotopic (exact) mass is 370 g/mol. The summed E-state index contributed by atoms with van der Waals surface area (Å²) in [7, 11) is 1.74. The van der Waals surface area contributed by atoms with Crippen molar-refractivity contribution < 1.29 is 14.3 Å². The van der Waals surface area contributed by atoms with E-state index >= 15 is 0 Å². The van der Waals surface area contributed by atoms with Gasteiger partial charge < -0.3 is 24.7 Å². The largest absolute Gasteiger partial charge is 0.487 e. The number of para-hydroxylation sites is 1. The summed E-state index contributed by atoms with van der Waals surface area (Å²) in [5.74, 6) is 0.742. The Labute approximate surface area is 159 Å². The zero-order chi connectivity index (χ0) is 18.7. The average Bonchev–Trinajstić information content (AvgIpc) is 3.23. The van der Waals surface area contributed by atoms with Crippen LogP contribution in [0, 0.1) is 0 Å². The van der Waals surface area contributed by atoms with E-state index in [1.807, 2.05) is 24.3 Å². The Morgan fingerprint density at radius 3 is 2.96 bits per heavy atom. The number of carbonyl (C=O) groups excluding carboxylic acids is 1. The highest BCUT2D eigenvalue weighted by Crippen LogP contribution is 2.44. The van der Waals surface area contributed by atoms with Gasteiger partial charge in [-0.25, -0.2) is 4.98 Å². The molecule has 1 amide bonds. The first-order valence-corrected chi connectivity index (χ1v) is 9.48. The molecule has 0 bridgehead atoms. The molecular weight excluding hydrogens is 344 g/mol. The molecule has 0 saturated carbocycles. The summed E-state index contributed by atoms with van der Waals surface area (Å²) in [6.45, 7) is 3.65. The van der Waals surface area contributed by atoms with E-state index in [2.05, 4.69) is 20.2 Å². The molecule has 0 unspecified atom stereocenters. The minimum atomic E-state index is -0.232. The fourth-order valence-corrected chi connectivity index (χ4v) is 4.07. The van der Waals surface area contributed by atoms with Crippen LogP contribution in [0.1, 0.15) is 41.4 Å². The molecule has 1 atom stereocenters. The quantitative estimate of drug-likeness (QED) is 0.843. The Kier molecular flexibility index (Phi) is 5.13. The van der Waals surface area contributed by atoms with Crippen LogP contribution in [-0.2, 0) is 4.74 Å². The Balaban J connectivity index is 1.51. The maximum absolute atomic E-state index is 12.6. The van der Waals surface area contributed by atoms with Gasteiger partial charge in [0.25, 0.3) is 5.91 Å². The first-order valence-electron chi connectivity index (χ1n) is 9.48. The number of likely N-dealkylation sites (tertiary alicyclic amines) is 1. The normalized spacial score (nSPS) is 21.4. The zero-order valence-corrected chi connectivity index (χ0v) is 15.6. The van der Waals surface area contributed by atoms with Crippen molar-refractivity contribution in [2.45, 2.75) is 30.9 Å². The molecule has 1 spiro atoms. The van der Waals surface area contributed by atoms with Crippen molar-refractivity contribution in [2.75, 3.05) is 33.4 Å². The number of piperidine rings is 1. The number of nitrogens with one attached hydrogen (secondary N) is 2. The van der Waals surface area contributed by atoms with Gasteiger partial charge in [0.15, 0.2) is 0 Å². The van der Waals surface area contributed by atoms with Crippen molar-refractivity contribution in [1.29, 1.82) is 0 Å². The number of hydrogen-bond donors (Lipinski definition) is 2. The van der Waals surface area contributed by atoms with Crippen LogP contribution in [0.2, 0.25) is 0 Å². The van der Waals surface area contributed by atoms with Gasteiger partial charge in [-0.3, -0.25) is 4.79 Å². The zero-order valence-electron chi connectivity index (χ0n) is 15.6. The van der Waals surface area contributed by atoms with Gasteiger partial charge in [-0.05, 0) is 18.9 Å². The molecule has 1 aromatic heterocycles. The molecule has 7 nitrogen and oxygen atoms in total. The lowest BCUT2D eigenvalue weighted by Crippen LogP contribution is -2.52. The molecule has 2 aliphatic rings. The van der Waals surface area contributed by atoms with E-state index in [1.54, 1.807) is 13.3 Å². The highest BCUT2D eigenvalue weighted by atomic mass is 16.5. The molecular formula is C20H26N4O3. The molecule has 2 aliphatic heterocycles. The molecule has 2 aromatic rings. The summed E-state index contributed by atoms with van der Waals surface area (Å²) in [5, 5.41) is 3.17. The lowest BCUT2D eigenvalue weighted by atomic mass is 9.80.